The summed E-state index contributed by atoms with van der Waals surface area (Å²) >= 11 is 0. The third kappa shape index (κ3) is 4.73. The lowest BCUT2D eigenvalue weighted by molar-refractivity contribution is 0.1000. The number of nitrogen functional groups attached to an aromatic ring is 2. The second-order valence-corrected chi connectivity index (χ2v) is 5.33. The number of carbonyl (C=O) groups is 1. The number of aromatic amines is 2. The fraction of sp³-hybridized carbons (Fsp3) is 0. The Bertz CT molecular complexity index is 1140. The van der Waals surface area contributed by atoms with Crippen molar-refractivity contribution in [2.75, 3.05) is 11.5 Å². The molecule has 0 saturated carbocycles. The predicted molar refractivity (Wildman–Crippen MR) is 105 cm³/mol. The van der Waals surface area contributed by atoms with Crippen LogP contribution in [0.3, 0.4) is 0 Å². The third-order valence-corrected chi connectivity index (χ3v) is 3.45. The van der Waals surface area contributed by atoms with Gasteiger partial charge in [-0.05, 0) is 12.1 Å². The van der Waals surface area contributed by atoms with Gasteiger partial charge < -0.3 is 27.2 Å². The highest BCUT2D eigenvalue weighted by Gasteiger charge is 2.00. The average molecular weight is 392 g/mol. The Hall–Kier alpha value is -4.68. The van der Waals surface area contributed by atoms with Crippen molar-refractivity contribution in [2.24, 2.45) is 5.73 Å². The summed E-state index contributed by atoms with van der Waals surface area (Å²) in [5.74, 6) is 0.424. The number of pyridine rings is 1. The molecule has 0 aliphatic carbocycles. The second kappa shape index (κ2) is 8.81. The molecule has 0 aliphatic rings. The Morgan fingerprint density at radius 1 is 0.828 bits per heavy atom. The number of H-pyrrole nitrogens is 2. The number of nitrogens with zero attached hydrogens (tertiary/aromatic N) is 7. The number of imidazole rings is 2. The summed E-state index contributed by atoms with van der Waals surface area (Å²) in [5, 5.41) is 0. The highest BCUT2D eigenvalue weighted by atomic mass is 16.1. The molecule has 0 fully saturated rings. The van der Waals surface area contributed by atoms with Gasteiger partial charge in [-0.1, -0.05) is 0 Å². The minimum absolute atomic E-state index is 0.433. The van der Waals surface area contributed by atoms with Gasteiger partial charge in [0, 0.05) is 12.4 Å². The molecule has 5 heterocycles. The fourth-order valence-electron chi connectivity index (χ4n) is 2.08. The van der Waals surface area contributed by atoms with Crippen LogP contribution < -0.4 is 17.2 Å². The van der Waals surface area contributed by atoms with Crippen molar-refractivity contribution >= 4 is 39.9 Å². The highest BCUT2D eigenvalue weighted by molar-refractivity contribution is 5.92. The SMILES string of the molecule is NC(=O)c1cccnc1.Nc1ncnc2nc[nH]c12.Nc1ncnc2nc[nH]c12. The van der Waals surface area contributed by atoms with Crippen molar-refractivity contribution in [1.29, 1.82) is 0 Å². The van der Waals surface area contributed by atoms with Crippen molar-refractivity contribution in [1.82, 2.24) is 44.9 Å². The number of primary amides is 1. The van der Waals surface area contributed by atoms with E-state index in [-0.39, 0.29) is 0 Å². The first-order chi connectivity index (χ1) is 14.1. The number of nitrogens with one attached hydrogen (secondary N) is 2. The molecule has 1 amide bonds. The Kier molecular flexibility index (Phi) is 5.80. The first kappa shape index (κ1) is 19.1. The summed E-state index contributed by atoms with van der Waals surface area (Å²) < 4.78 is 0. The van der Waals surface area contributed by atoms with E-state index >= 15 is 0 Å². The lowest BCUT2D eigenvalue weighted by atomic mass is 10.3. The molecule has 0 aromatic carbocycles. The largest absolute Gasteiger partial charge is 0.382 e. The maximum atomic E-state index is 10.4. The van der Waals surface area contributed by atoms with E-state index in [1.807, 2.05) is 0 Å². The van der Waals surface area contributed by atoms with Crippen LogP contribution in [0.15, 0.2) is 49.8 Å². The molecular formula is C16H16N12O. The first-order valence-electron chi connectivity index (χ1n) is 8.05. The van der Waals surface area contributed by atoms with E-state index in [1.165, 1.54) is 31.5 Å². The lowest BCUT2D eigenvalue weighted by Crippen LogP contribution is -2.10. The standard InChI is InChI=1S/C6H6N2O.2C5H5N5/c7-6(9)5-2-1-3-8-4-5;2*6-4-3-5(9-1-7-3)10-2-8-4/h1-4H,(H2,7,9);2*1-2H,(H3,6,7,8,9,10). The molecule has 0 unspecified atom stereocenters. The minimum Gasteiger partial charge on any atom is -0.382 e. The Morgan fingerprint density at radius 2 is 1.38 bits per heavy atom. The van der Waals surface area contributed by atoms with Gasteiger partial charge in [-0.2, -0.15) is 0 Å². The van der Waals surface area contributed by atoms with E-state index in [1.54, 1.807) is 18.3 Å². The van der Waals surface area contributed by atoms with Crippen LogP contribution in [0, 0.1) is 0 Å². The van der Waals surface area contributed by atoms with E-state index in [0.717, 1.165) is 0 Å². The normalized spacial score (nSPS) is 9.93. The average Bonchev–Trinajstić information content (AvgIpc) is 3.40. The van der Waals surface area contributed by atoms with Crippen LogP contribution in [-0.2, 0) is 0 Å². The number of fused-ring (bicyclic) bond motifs is 2. The summed E-state index contributed by atoms with van der Waals surface area (Å²) in [6.45, 7) is 0. The zero-order chi connectivity index (χ0) is 20.6. The molecule has 13 heteroatoms. The second-order valence-electron chi connectivity index (χ2n) is 5.33. The van der Waals surface area contributed by atoms with Crippen molar-refractivity contribution < 1.29 is 4.79 Å². The number of amides is 1. The van der Waals surface area contributed by atoms with Crippen molar-refractivity contribution in [2.45, 2.75) is 0 Å². The zero-order valence-corrected chi connectivity index (χ0v) is 14.9. The molecule has 5 aromatic rings. The van der Waals surface area contributed by atoms with Crippen LogP contribution in [0.25, 0.3) is 22.3 Å². The van der Waals surface area contributed by atoms with Gasteiger partial charge in [-0.25, -0.2) is 29.9 Å². The van der Waals surface area contributed by atoms with E-state index in [4.69, 9.17) is 17.2 Å². The lowest BCUT2D eigenvalue weighted by Gasteiger charge is -1.89. The molecule has 13 nitrogen and oxygen atoms in total. The molecule has 0 bridgehead atoms. The minimum atomic E-state index is -0.442. The van der Waals surface area contributed by atoms with Gasteiger partial charge in [0.1, 0.15) is 23.7 Å². The number of carbonyl (C=O) groups excluding carboxylic acids is 1. The molecule has 0 atom stereocenters. The molecular weight excluding hydrogens is 376 g/mol. The van der Waals surface area contributed by atoms with Crippen molar-refractivity contribution in [3.8, 4) is 0 Å². The van der Waals surface area contributed by atoms with Gasteiger partial charge in [0.05, 0.1) is 18.2 Å². The third-order valence-electron chi connectivity index (χ3n) is 3.45. The number of anilines is 2. The topological polar surface area (TPSA) is 217 Å². The molecule has 0 aliphatic heterocycles. The van der Waals surface area contributed by atoms with Crippen LogP contribution in [0.4, 0.5) is 11.6 Å². The first-order valence-corrected chi connectivity index (χ1v) is 8.05. The van der Waals surface area contributed by atoms with Crippen LogP contribution in [0.2, 0.25) is 0 Å². The fourth-order valence-corrected chi connectivity index (χ4v) is 2.08. The maximum absolute atomic E-state index is 10.4. The van der Waals surface area contributed by atoms with E-state index in [2.05, 4.69) is 44.9 Å². The molecule has 5 rings (SSSR count). The number of hydrogen-bond acceptors (Lipinski definition) is 10. The molecule has 5 aromatic heterocycles. The molecule has 0 saturated heterocycles. The van der Waals surface area contributed by atoms with E-state index in [0.29, 0.717) is 39.5 Å². The van der Waals surface area contributed by atoms with Gasteiger partial charge in [-0.3, -0.25) is 9.78 Å². The van der Waals surface area contributed by atoms with Gasteiger partial charge in [0.15, 0.2) is 22.9 Å². The quantitative estimate of drug-likeness (QED) is 0.258. The summed E-state index contributed by atoms with van der Waals surface area (Å²) in [6, 6.07) is 3.29. The van der Waals surface area contributed by atoms with Gasteiger partial charge in [0.2, 0.25) is 5.91 Å². The summed E-state index contributed by atoms with van der Waals surface area (Å²) in [7, 11) is 0. The molecule has 29 heavy (non-hydrogen) atoms. The predicted octanol–water partition coefficient (Wildman–Crippen LogP) is 0.0507. The number of rotatable bonds is 1. The van der Waals surface area contributed by atoms with Crippen LogP contribution in [-0.4, -0.2) is 50.8 Å². The number of aromatic nitrogens is 9. The molecule has 0 spiro atoms. The van der Waals surface area contributed by atoms with Gasteiger partial charge in [0.25, 0.3) is 0 Å². The van der Waals surface area contributed by atoms with Gasteiger partial charge in [-0.15, -0.1) is 0 Å². The Morgan fingerprint density at radius 3 is 1.76 bits per heavy atom. The monoisotopic (exact) mass is 392 g/mol. The Balaban J connectivity index is 0.000000125. The maximum Gasteiger partial charge on any atom is 0.250 e. The van der Waals surface area contributed by atoms with E-state index < -0.39 is 5.91 Å². The molecule has 146 valence electrons. The van der Waals surface area contributed by atoms with Crippen molar-refractivity contribution in [3.63, 3.8) is 0 Å². The van der Waals surface area contributed by atoms with Crippen LogP contribution in [0.5, 0.6) is 0 Å². The highest BCUT2D eigenvalue weighted by Crippen LogP contribution is 2.09. The summed E-state index contributed by atoms with van der Waals surface area (Å²) in [4.78, 5) is 42.8. The van der Waals surface area contributed by atoms with Crippen LogP contribution >= 0.6 is 0 Å². The zero-order valence-electron chi connectivity index (χ0n) is 14.9. The van der Waals surface area contributed by atoms with Crippen LogP contribution in [0.1, 0.15) is 10.4 Å². The van der Waals surface area contributed by atoms with Gasteiger partial charge >= 0.3 is 0 Å². The smallest absolute Gasteiger partial charge is 0.250 e. The summed E-state index contributed by atoms with van der Waals surface area (Å²) in [6.07, 6.45) is 8.87. The number of hydrogen-bond donors (Lipinski definition) is 5. The molecule has 0 radical (unpaired) electrons. The van der Waals surface area contributed by atoms with E-state index in [9.17, 15) is 4.79 Å². The number of nitrogens with two attached hydrogens (primary N) is 3. The Labute approximate surface area is 162 Å². The summed E-state index contributed by atoms with van der Waals surface area (Å²) in [5.41, 5.74) is 18.9. The van der Waals surface area contributed by atoms with Crippen molar-refractivity contribution in [3.05, 3.63) is 55.4 Å². The molecule has 8 N–H and O–H groups in total.